The summed E-state index contributed by atoms with van der Waals surface area (Å²) in [5, 5.41) is 4.88. The summed E-state index contributed by atoms with van der Waals surface area (Å²) in [4.78, 5) is 9.97. The largest absolute Gasteiger partial charge is 0.490 e. The molecule has 4 rings (SSSR count). The molecule has 0 amide bonds. The Kier molecular flexibility index (Phi) is 7.08. The van der Waals surface area contributed by atoms with Gasteiger partial charge >= 0.3 is 0 Å². The van der Waals surface area contributed by atoms with E-state index < -0.39 is 15.8 Å². The molecule has 1 fully saturated rings. The van der Waals surface area contributed by atoms with Crippen LogP contribution in [0.4, 0.5) is 15.8 Å². The van der Waals surface area contributed by atoms with Gasteiger partial charge in [-0.15, -0.1) is 0 Å². The molecule has 0 atom stereocenters. The third-order valence-corrected chi connectivity index (χ3v) is 6.66. The number of nitrogens with zero attached hydrogens (tertiary/aromatic N) is 2. The molecule has 178 valence electrons. The van der Waals surface area contributed by atoms with E-state index in [1.165, 1.54) is 18.4 Å². The van der Waals surface area contributed by atoms with E-state index in [1.807, 2.05) is 18.2 Å². The maximum Gasteiger partial charge on any atom is 0.208 e. The molecule has 2 aromatic rings. The van der Waals surface area contributed by atoms with Crippen LogP contribution in [0.2, 0.25) is 5.02 Å². The Balaban J connectivity index is 1.49. The minimum atomic E-state index is -3.21. The van der Waals surface area contributed by atoms with Gasteiger partial charge in [0.2, 0.25) is 10.0 Å². The zero-order valence-corrected chi connectivity index (χ0v) is 19.9. The number of nitrogens with one attached hydrogen (secondary N) is 2. The molecule has 1 aliphatic heterocycles. The van der Waals surface area contributed by atoms with Gasteiger partial charge in [-0.1, -0.05) is 11.6 Å². The van der Waals surface area contributed by atoms with Gasteiger partial charge in [-0.3, -0.25) is 4.84 Å². The molecule has 1 saturated carbocycles. The number of ether oxygens (including phenoxy) is 1. The van der Waals surface area contributed by atoms with Crippen LogP contribution in [-0.2, 0) is 14.9 Å². The van der Waals surface area contributed by atoms with Crippen LogP contribution in [0.5, 0.6) is 5.75 Å². The van der Waals surface area contributed by atoms with Gasteiger partial charge in [0.1, 0.15) is 24.1 Å². The normalized spacial score (nSPS) is 20.7. The lowest BCUT2D eigenvalue weighted by Gasteiger charge is -2.31. The van der Waals surface area contributed by atoms with E-state index in [2.05, 4.69) is 15.0 Å². The molecule has 1 heterocycles. The molecule has 2 N–H and O–H groups in total. The van der Waals surface area contributed by atoms with Gasteiger partial charge in [0, 0.05) is 17.3 Å². The third kappa shape index (κ3) is 5.94. The Labute approximate surface area is 197 Å². The summed E-state index contributed by atoms with van der Waals surface area (Å²) >= 11 is 5.92. The first-order valence-corrected chi connectivity index (χ1v) is 12.9. The molecule has 2 aromatic carbocycles. The number of hydrogen-bond acceptors (Lipinski definition) is 7. The lowest BCUT2D eigenvalue weighted by Crippen LogP contribution is -2.39. The van der Waals surface area contributed by atoms with E-state index in [0.29, 0.717) is 17.3 Å². The second-order valence-electron chi connectivity index (χ2n) is 8.12. The number of aliphatic imine (C=N–C) groups is 1. The minimum Gasteiger partial charge on any atom is -0.490 e. The highest BCUT2D eigenvalue weighted by atomic mass is 35.5. The SMILES string of the molecule is CON1CN=C(Nc2ccc(F)c(Cl)c2)c2cc(O[C@H]3CC[C@H](NS(C)(=O)=O)CC3)ccc21. The van der Waals surface area contributed by atoms with Crippen molar-refractivity contribution in [1.82, 2.24) is 4.72 Å². The zero-order chi connectivity index (χ0) is 23.6. The molecule has 0 bridgehead atoms. The monoisotopic (exact) mass is 496 g/mol. The summed E-state index contributed by atoms with van der Waals surface area (Å²) in [5.41, 5.74) is 2.20. The van der Waals surface area contributed by atoms with Crippen molar-refractivity contribution in [1.29, 1.82) is 0 Å². The maximum atomic E-state index is 13.5. The fourth-order valence-corrected chi connectivity index (χ4v) is 5.08. The summed E-state index contributed by atoms with van der Waals surface area (Å²) in [6, 6.07) is 10.0. The molecule has 0 aromatic heterocycles. The number of anilines is 2. The number of halogens is 2. The van der Waals surface area contributed by atoms with E-state index in [-0.39, 0.29) is 23.8 Å². The number of benzene rings is 2. The molecule has 0 unspecified atom stereocenters. The van der Waals surface area contributed by atoms with Crippen molar-refractivity contribution >= 4 is 38.8 Å². The lowest BCUT2D eigenvalue weighted by molar-refractivity contribution is 0.144. The molecule has 33 heavy (non-hydrogen) atoms. The summed E-state index contributed by atoms with van der Waals surface area (Å²) in [6.07, 6.45) is 4.12. The van der Waals surface area contributed by atoms with Crippen molar-refractivity contribution in [3.63, 3.8) is 0 Å². The highest BCUT2D eigenvalue weighted by Gasteiger charge is 2.26. The van der Waals surface area contributed by atoms with Gasteiger partial charge in [-0.25, -0.2) is 27.6 Å². The number of sulfonamides is 1. The Morgan fingerprint density at radius 1 is 1.15 bits per heavy atom. The van der Waals surface area contributed by atoms with Crippen LogP contribution in [0.15, 0.2) is 41.4 Å². The number of hydroxylamine groups is 1. The van der Waals surface area contributed by atoms with Crippen molar-refractivity contribution in [2.45, 2.75) is 37.8 Å². The quantitative estimate of drug-likeness (QED) is 0.630. The smallest absolute Gasteiger partial charge is 0.208 e. The topological polar surface area (TPSA) is 92.3 Å². The second-order valence-corrected chi connectivity index (χ2v) is 10.3. The number of hydrogen-bond donors (Lipinski definition) is 2. The van der Waals surface area contributed by atoms with Crippen LogP contribution in [0, 0.1) is 5.82 Å². The van der Waals surface area contributed by atoms with Crippen LogP contribution >= 0.6 is 11.6 Å². The first kappa shape index (κ1) is 23.7. The zero-order valence-electron chi connectivity index (χ0n) is 18.3. The summed E-state index contributed by atoms with van der Waals surface area (Å²) in [7, 11) is -1.64. The van der Waals surface area contributed by atoms with E-state index >= 15 is 0 Å². The van der Waals surface area contributed by atoms with Crippen molar-refractivity contribution in [3.05, 3.63) is 52.8 Å². The lowest BCUT2D eigenvalue weighted by atomic mass is 9.93. The van der Waals surface area contributed by atoms with Crippen LogP contribution in [0.3, 0.4) is 0 Å². The Bertz CT molecular complexity index is 1150. The standard InChI is InChI=1S/C22H26ClFN4O4S/c1-31-28-13-25-22(26-15-5-9-20(24)19(23)11-15)18-12-17(8-10-21(18)28)32-16-6-3-14(4-7-16)27-33(2,29)30/h5,8-12,14,16,27H,3-4,6-7,13H2,1-2H3,(H,25,26)/t14-,16-. The molecule has 11 heteroatoms. The van der Waals surface area contributed by atoms with Crippen molar-refractivity contribution < 1.29 is 22.4 Å². The molecule has 1 aliphatic carbocycles. The Morgan fingerprint density at radius 2 is 1.91 bits per heavy atom. The van der Waals surface area contributed by atoms with Gasteiger partial charge in [0.15, 0.2) is 0 Å². The van der Waals surface area contributed by atoms with Gasteiger partial charge in [0.25, 0.3) is 0 Å². The molecule has 0 radical (unpaired) electrons. The maximum absolute atomic E-state index is 13.5. The van der Waals surface area contributed by atoms with Gasteiger partial charge in [0.05, 0.1) is 30.2 Å². The summed E-state index contributed by atoms with van der Waals surface area (Å²) in [5.74, 6) is 0.779. The van der Waals surface area contributed by atoms with E-state index in [4.69, 9.17) is 21.2 Å². The molecule has 8 nitrogen and oxygen atoms in total. The molecule has 2 aliphatic rings. The minimum absolute atomic E-state index is 0.00738. The van der Waals surface area contributed by atoms with Crippen molar-refractivity contribution in [2.24, 2.45) is 4.99 Å². The highest BCUT2D eigenvalue weighted by Crippen LogP contribution is 2.32. The van der Waals surface area contributed by atoms with Gasteiger partial charge in [-0.2, -0.15) is 0 Å². The van der Waals surface area contributed by atoms with E-state index in [1.54, 1.807) is 18.2 Å². The Hall–Kier alpha value is -2.40. The average Bonchev–Trinajstić information content (AvgIpc) is 2.77. The molecule has 0 saturated heterocycles. The molecule has 0 spiro atoms. The average molecular weight is 497 g/mol. The predicted molar refractivity (Wildman–Crippen MR) is 127 cm³/mol. The van der Waals surface area contributed by atoms with Gasteiger partial charge < -0.3 is 10.1 Å². The van der Waals surface area contributed by atoms with Gasteiger partial charge in [-0.05, 0) is 62.1 Å². The number of fused-ring (bicyclic) bond motifs is 1. The summed E-state index contributed by atoms with van der Waals surface area (Å²) < 4.78 is 45.3. The Morgan fingerprint density at radius 3 is 2.58 bits per heavy atom. The highest BCUT2D eigenvalue weighted by molar-refractivity contribution is 7.88. The number of rotatable bonds is 6. The molecular formula is C22H26ClFN4O4S. The van der Waals surface area contributed by atoms with Crippen LogP contribution in [-0.4, -0.2) is 46.4 Å². The van der Waals surface area contributed by atoms with E-state index in [9.17, 15) is 12.8 Å². The van der Waals surface area contributed by atoms with Crippen LogP contribution in [0.1, 0.15) is 31.2 Å². The van der Waals surface area contributed by atoms with Crippen molar-refractivity contribution in [3.8, 4) is 5.75 Å². The first-order valence-electron chi connectivity index (χ1n) is 10.6. The fraction of sp³-hybridized carbons (Fsp3) is 0.409. The predicted octanol–water partition coefficient (Wildman–Crippen LogP) is 3.92. The summed E-state index contributed by atoms with van der Waals surface area (Å²) in [6.45, 7) is 0.290. The second kappa shape index (κ2) is 9.84. The first-order chi connectivity index (χ1) is 15.7. The molecular weight excluding hydrogens is 471 g/mol. The fourth-order valence-electron chi connectivity index (χ4n) is 4.06. The van der Waals surface area contributed by atoms with Crippen LogP contribution in [0.25, 0.3) is 0 Å². The van der Waals surface area contributed by atoms with Crippen molar-refractivity contribution in [2.75, 3.05) is 30.4 Å². The third-order valence-electron chi connectivity index (χ3n) is 5.61. The number of amidine groups is 1. The van der Waals surface area contributed by atoms with Crippen LogP contribution < -0.4 is 19.8 Å². The van der Waals surface area contributed by atoms with E-state index in [0.717, 1.165) is 36.9 Å².